The SMILES string of the molecule is CN1C[C@@H]2[C@@H](C#Cc3cc4nc(-c5ccc(OCc6cccc(F)c6)c(Cl)c5)nc(N)c4cc3N)[C@@H]2C1. The molecule has 186 valence electrons. The fraction of sp³-hybridized carbons (Fsp3) is 0.241. The zero-order valence-electron chi connectivity index (χ0n) is 20.2. The van der Waals surface area contributed by atoms with Gasteiger partial charge in [0.15, 0.2) is 5.82 Å². The van der Waals surface area contributed by atoms with Gasteiger partial charge >= 0.3 is 0 Å². The number of aromatic nitrogens is 2. The van der Waals surface area contributed by atoms with Crippen molar-refractivity contribution in [1.29, 1.82) is 0 Å². The first-order valence-corrected chi connectivity index (χ1v) is 12.5. The molecule has 0 radical (unpaired) electrons. The average molecular weight is 514 g/mol. The number of hydrogen-bond acceptors (Lipinski definition) is 6. The summed E-state index contributed by atoms with van der Waals surface area (Å²) >= 11 is 6.48. The lowest BCUT2D eigenvalue weighted by Crippen LogP contribution is -2.18. The largest absolute Gasteiger partial charge is 0.487 e. The summed E-state index contributed by atoms with van der Waals surface area (Å²) in [6.07, 6.45) is 0. The first-order chi connectivity index (χ1) is 17.9. The predicted molar refractivity (Wildman–Crippen MR) is 144 cm³/mol. The number of likely N-dealkylation sites (tertiary alicyclic amines) is 1. The van der Waals surface area contributed by atoms with Crippen molar-refractivity contribution in [2.75, 3.05) is 31.6 Å². The van der Waals surface area contributed by atoms with Gasteiger partial charge in [-0.25, -0.2) is 14.4 Å². The number of nitrogens with two attached hydrogens (primary N) is 2. The Morgan fingerprint density at radius 2 is 1.89 bits per heavy atom. The third kappa shape index (κ3) is 4.66. The number of benzene rings is 3. The van der Waals surface area contributed by atoms with Crippen LogP contribution in [-0.2, 0) is 6.61 Å². The van der Waals surface area contributed by atoms with Gasteiger partial charge in [-0.15, -0.1) is 0 Å². The number of piperidine rings is 1. The maximum absolute atomic E-state index is 13.4. The van der Waals surface area contributed by atoms with Crippen LogP contribution in [0.5, 0.6) is 5.75 Å². The molecule has 6 rings (SSSR count). The molecule has 1 aliphatic carbocycles. The van der Waals surface area contributed by atoms with E-state index >= 15 is 0 Å². The number of halogens is 2. The van der Waals surface area contributed by atoms with Crippen LogP contribution >= 0.6 is 11.6 Å². The van der Waals surface area contributed by atoms with E-state index in [0.717, 1.165) is 18.7 Å². The van der Waals surface area contributed by atoms with Gasteiger partial charge in [-0.2, -0.15) is 0 Å². The van der Waals surface area contributed by atoms with Gasteiger partial charge in [-0.05, 0) is 66.9 Å². The molecule has 0 spiro atoms. The lowest BCUT2D eigenvalue weighted by Gasteiger charge is -2.11. The van der Waals surface area contributed by atoms with E-state index in [0.29, 0.717) is 67.9 Å². The molecule has 0 unspecified atom stereocenters. The van der Waals surface area contributed by atoms with Gasteiger partial charge in [0.1, 0.15) is 24.0 Å². The maximum Gasteiger partial charge on any atom is 0.162 e. The molecule has 1 aromatic heterocycles. The summed E-state index contributed by atoms with van der Waals surface area (Å²) in [6.45, 7) is 2.42. The number of anilines is 2. The molecule has 1 saturated heterocycles. The minimum Gasteiger partial charge on any atom is -0.487 e. The second-order valence-electron chi connectivity index (χ2n) is 9.80. The van der Waals surface area contributed by atoms with E-state index in [-0.39, 0.29) is 12.4 Å². The minimum atomic E-state index is -0.313. The van der Waals surface area contributed by atoms with Crippen LogP contribution in [-0.4, -0.2) is 35.0 Å². The van der Waals surface area contributed by atoms with Crippen molar-refractivity contribution in [3.05, 3.63) is 76.6 Å². The second-order valence-corrected chi connectivity index (χ2v) is 10.2. The highest BCUT2D eigenvalue weighted by atomic mass is 35.5. The van der Waals surface area contributed by atoms with Gasteiger partial charge in [-0.3, -0.25) is 0 Å². The zero-order chi connectivity index (χ0) is 25.7. The quantitative estimate of drug-likeness (QED) is 0.295. The van der Waals surface area contributed by atoms with E-state index in [1.165, 1.54) is 12.1 Å². The summed E-state index contributed by atoms with van der Waals surface area (Å²) in [5, 5.41) is 1.07. The Labute approximate surface area is 219 Å². The molecule has 37 heavy (non-hydrogen) atoms. The molecule has 0 bridgehead atoms. The summed E-state index contributed by atoms with van der Waals surface area (Å²) in [7, 11) is 2.15. The third-order valence-corrected chi connectivity index (χ3v) is 7.42. The molecule has 1 aliphatic heterocycles. The van der Waals surface area contributed by atoms with Crippen molar-refractivity contribution >= 4 is 34.0 Å². The first kappa shape index (κ1) is 23.5. The molecule has 1 saturated carbocycles. The zero-order valence-corrected chi connectivity index (χ0v) is 21.0. The summed E-state index contributed by atoms with van der Waals surface area (Å²) in [6, 6.07) is 15.2. The van der Waals surface area contributed by atoms with E-state index in [1.54, 1.807) is 30.3 Å². The van der Waals surface area contributed by atoms with Crippen molar-refractivity contribution in [2.45, 2.75) is 6.61 Å². The van der Waals surface area contributed by atoms with Gasteiger partial charge < -0.3 is 21.1 Å². The molecule has 4 aromatic rings. The summed E-state index contributed by atoms with van der Waals surface area (Å²) in [5.41, 5.74) is 15.9. The molecule has 0 amide bonds. The van der Waals surface area contributed by atoms with E-state index in [1.807, 2.05) is 12.1 Å². The Balaban J connectivity index is 1.25. The Hall–Kier alpha value is -3.86. The molecule has 6 nitrogen and oxygen atoms in total. The number of nitrogens with zero attached hydrogens (tertiary/aromatic N) is 3. The highest BCUT2D eigenvalue weighted by Gasteiger charge is 2.53. The van der Waals surface area contributed by atoms with Crippen LogP contribution in [0.25, 0.3) is 22.3 Å². The van der Waals surface area contributed by atoms with Crippen LogP contribution in [0.1, 0.15) is 11.1 Å². The molecule has 2 aliphatic rings. The summed E-state index contributed by atoms with van der Waals surface area (Å²) in [4.78, 5) is 11.6. The fourth-order valence-electron chi connectivity index (χ4n) is 5.11. The van der Waals surface area contributed by atoms with Crippen LogP contribution in [0, 0.1) is 35.4 Å². The summed E-state index contributed by atoms with van der Waals surface area (Å²) in [5.74, 6) is 9.42. The number of nitrogen functional groups attached to an aromatic ring is 2. The highest BCUT2D eigenvalue weighted by Crippen LogP contribution is 2.50. The normalized spacial score (nSPS) is 20.4. The van der Waals surface area contributed by atoms with Gasteiger partial charge in [0, 0.05) is 41.2 Å². The van der Waals surface area contributed by atoms with Crippen molar-refractivity contribution in [3.63, 3.8) is 0 Å². The number of ether oxygens (including phenoxy) is 1. The van der Waals surface area contributed by atoms with Crippen LogP contribution in [0.15, 0.2) is 54.6 Å². The van der Waals surface area contributed by atoms with Crippen molar-refractivity contribution in [1.82, 2.24) is 14.9 Å². The molecule has 8 heteroatoms. The van der Waals surface area contributed by atoms with Crippen LogP contribution in [0.3, 0.4) is 0 Å². The third-order valence-electron chi connectivity index (χ3n) is 7.12. The smallest absolute Gasteiger partial charge is 0.162 e. The topological polar surface area (TPSA) is 90.3 Å². The minimum absolute atomic E-state index is 0.195. The molecule has 4 N–H and O–H groups in total. The van der Waals surface area contributed by atoms with E-state index < -0.39 is 0 Å². The molecule has 2 heterocycles. The van der Waals surface area contributed by atoms with Gasteiger partial charge in [0.2, 0.25) is 0 Å². The van der Waals surface area contributed by atoms with Gasteiger partial charge in [-0.1, -0.05) is 35.6 Å². The number of hydrogen-bond donors (Lipinski definition) is 2. The van der Waals surface area contributed by atoms with E-state index in [2.05, 4.69) is 28.8 Å². The monoisotopic (exact) mass is 513 g/mol. The average Bonchev–Trinajstić information content (AvgIpc) is 3.33. The van der Waals surface area contributed by atoms with E-state index in [4.69, 9.17) is 32.8 Å². The molecular weight excluding hydrogens is 489 g/mol. The molecule has 3 aromatic carbocycles. The second kappa shape index (κ2) is 9.22. The maximum atomic E-state index is 13.4. The first-order valence-electron chi connectivity index (χ1n) is 12.1. The lowest BCUT2D eigenvalue weighted by atomic mass is 10.1. The van der Waals surface area contributed by atoms with Crippen molar-refractivity contribution in [2.24, 2.45) is 17.8 Å². The highest BCUT2D eigenvalue weighted by molar-refractivity contribution is 6.32. The lowest BCUT2D eigenvalue weighted by molar-refractivity contribution is 0.306. The Morgan fingerprint density at radius 3 is 2.65 bits per heavy atom. The van der Waals surface area contributed by atoms with Crippen LogP contribution < -0.4 is 16.2 Å². The Kier molecular flexibility index (Phi) is 5.86. The molecular formula is C29H25ClFN5O. The van der Waals surface area contributed by atoms with Gasteiger partial charge in [0.05, 0.1) is 10.5 Å². The molecule has 3 atom stereocenters. The standard InChI is InChI=1S/C29H25ClFN5O/c1-36-13-22-20(23(22)14-36)7-5-17-11-26-21(12-25(17)32)28(33)35-29(34-26)18-6-8-27(24(30)10-18)37-15-16-3-2-4-19(31)9-16/h2-4,6,8-12,20,22-23H,13-15,32H2,1H3,(H2,33,34,35)/t20-,22-,23+. The fourth-order valence-corrected chi connectivity index (χ4v) is 5.35. The van der Waals surface area contributed by atoms with Gasteiger partial charge in [0.25, 0.3) is 0 Å². The predicted octanol–water partition coefficient (Wildman–Crippen LogP) is 4.99. The number of fused-ring (bicyclic) bond motifs is 2. The van der Waals surface area contributed by atoms with Crippen molar-refractivity contribution in [3.8, 4) is 29.0 Å². The van der Waals surface area contributed by atoms with Crippen LogP contribution in [0.4, 0.5) is 15.9 Å². The molecule has 2 fully saturated rings. The van der Waals surface area contributed by atoms with E-state index in [9.17, 15) is 4.39 Å². The van der Waals surface area contributed by atoms with Crippen molar-refractivity contribution < 1.29 is 9.13 Å². The Bertz CT molecular complexity index is 1590. The number of rotatable bonds is 4. The summed E-state index contributed by atoms with van der Waals surface area (Å²) < 4.78 is 19.2. The van der Waals surface area contributed by atoms with Crippen LogP contribution in [0.2, 0.25) is 5.02 Å². The Morgan fingerprint density at radius 1 is 1.08 bits per heavy atom.